The highest BCUT2D eigenvalue weighted by molar-refractivity contribution is 5.36. The fourth-order valence-corrected chi connectivity index (χ4v) is 2.12. The van der Waals surface area contributed by atoms with E-state index in [1.54, 1.807) is 0 Å². The van der Waals surface area contributed by atoms with Gasteiger partial charge in [0.15, 0.2) is 0 Å². The molecule has 0 amide bonds. The van der Waals surface area contributed by atoms with E-state index >= 15 is 0 Å². The van der Waals surface area contributed by atoms with Gasteiger partial charge in [0.1, 0.15) is 6.61 Å². The van der Waals surface area contributed by atoms with Crippen LogP contribution in [0.5, 0.6) is 0 Å². The molecular weight excluding hydrogens is 260 g/mol. The van der Waals surface area contributed by atoms with Gasteiger partial charge in [-0.25, -0.2) is 0 Å². The lowest BCUT2D eigenvalue weighted by Crippen LogP contribution is -2.22. The van der Waals surface area contributed by atoms with E-state index in [9.17, 15) is 0 Å². The predicted octanol–water partition coefficient (Wildman–Crippen LogP) is 2.45. The summed E-state index contributed by atoms with van der Waals surface area (Å²) in [5.74, 6) is 5.57. The minimum atomic E-state index is -0.0999. The minimum Gasteiger partial charge on any atom is -0.384 e. The first kappa shape index (κ1) is 15.2. The summed E-state index contributed by atoms with van der Waals surface area (Å²) in [4.78, 5) is 6.43. The number of aromatic nitrogens is 1. The van der Waals surface area contributed by atoms with Crippen molar-refractivity contribution in [2.75, 3.05) is 13.2 Å². The van der Waals surface area contributed by atoms with E-state index in [-0.39, 0.29) is 6.61 Å². The van der Waals surface area contributed by atoms with Gasteiger partial charge in [0, 0.05) is 31.0 Å². The Kier molecular flexibility index (Phi) is 5.96. The van der Waals surface area contributed by atoms with Crippen LogP contribution in [-0.2, 0) is 13.1 Å². The van der Waals surface area contributed by atoms with Crippen molar-refractivity contribution < 1.29 is 5.11 Å². The van der Waals surface area contributed by atoms with Crippen LogP contribution < -0.4 is 0 Å². The van der Waals surface area contributed by atoms with Crippen molar-refractivity contribution in [1.29, 1.82) is 0 Å². The zero-order valence-electron chi connectivity index (χ0n) is 12.3. The molecule has 0 saturated carbocycles. The van der Waals surface area contributed by atoms with Crippen LogP contribution in [0.25, 0.3) is 0 Å². The fourth-order valence-electron chi connectivity index (χ4n) is 2.12. The highest BCUT2D eigenvalue weighted by atomic mass is 16.2. The van der Waals surface area contributed by atoms with Gasteiger partial charge in [0.25, 0.3) is 0 Å². The molecule has 2 rings (SSSR count). The molecule has 3 heteroatoms. The van der Waals surface area contributed by atoms with Crippen molar-refractivity contribution in [2.45, 2.75) is 20.0 Å². The SMILES string of the molecule is CCN(Cc1ccncc1)Cc1ccc(C#CCO)cc1. The minimum absolute atomic E-state index is 0.0999. The molecule has 1 aromatic carbocycles. The summed E-state index contributed by atoms with van der Waals surface area (Å²) in [6.07, 6.45) is 3.66. The lowest BCUT2D eigenvalue weighted by atomic mass is 10.1. The molecular formula is C18H20N2O. The van der Waals surface area contributed by atoms with Gasteiger partial charge in [0.2, 0.25) is 0 Å². The van der Waals surface area contributed by atoms with Gasteiger partial charge in [-0.15, -0.1) is 0 Å². The largest absolute Gasteiger partial charge is 0.384 e. The maximum absolute atomic E-state index is 8.69. The Morgan fingerprint density at radius 3 is 2.19 bits per heavy atom. The standard InChI is InChI=1S/C18H20N2O/c1-2-20(15-18-9-11-19-12-10-18)14-17-7-5-16(6-8-17)4-3-13-21/h5-12,21H,2,13-15H2,1H3. The van der Waals surface area contributed by atoms with Crippen LogP contribution in [0.3, 0.4) is 0 Å². The molecule has 0 unspecified atom stereocenters. The molecule has 0 aliphatic heterocycles. The molecule has 0 bridgehead atoms. The molecule has 0 spiro atoms. The Morgan fingerprint density at radius 1 is 1.00 bits per heavy atom. The van der Waals surface area contributed by atoms with Crippen molar-refractivity contribution in [2.24, 2.45) is 0 Å². The zero-order chi connectivity index (χ0) is 14.9. The number of nitrogens with zero attached hydrogens (tertiary/aromatic N) is 2. The maximum Gasteiger partial charge on any atom is 0.104 e. The summed E-state index contributed by atoms with van der Waals surface area (Å²) < 4.78 is 0. The second-order valence-electron chi connectivity index (χ2n) is 4.82. The summed E-state index contributed by atoms with van der Waals surface area (Å²) in [7, 11) is 0. The first-order valence-electron chi connectivity index (χ1n) is 7.11. The normalized spacial score (nSPS) is 10.2. The zero-order valence-corrected chi connectivity index (χ0v) is 12.3. The van der Waals surface area contributed by atoms with Gasteiger partial charge in [-0.05, 0) is 41.9 Å². The smallest absolute Gasteiger partial charge is 0.104 e. The maximum atomic E-state index is 8.69. The molecule has 3 nitrogen and oxygen atoms in total. The van der Waals surface area contributed by atoms with Gasteiger partial charge < -0.3 is 5.11 Å². The highest BCUT2D eigenvalue weighted by Crippen LogP contribution is 2.10. The Morgan fingerprint density at radius 2 is 1.62 bits per heavy atom. The fraction of sp³-hybridized carbons (Fsp3) is 0.278. The topological polar surface area (TPSA) is 36.4 Å². The van der Waals surface area contributed by atoms with Gasteiger partial charge in [-0.3, -0.25) is 9.88 Å². The van der Waals surface area contributed by atoms with Crippen molar-refractivity contribution in [3.8, 4) is 11.8 Å². The molecule has 108 valence electrons. The second-order valence-corrected chi connectivity index (χ2v) is 4.82. The third-order valence-corrected chi connectivity index (χ3v) is 3.27. The van der Waals surface area contributed by atoms with Crippen LogP contribution in [0.4, 0.5) is 0 Å². The van der Waals surface area contributed by atoms with Crippen LogP contribution in [-0.4, -0.2) is 28.1 Å². The molecule has 21 heavy (non-hydrogen) atoms. The molecule has 1 heterocycles. The number of hydrogen-bond donors (Lipinski definition) is 1. The Hall–Kier alpha value is -2.15. The summed E-state index contributed by atoms with van der Waals surface area (Å²) in [5, 5.41) is 8.69. The van der Waals surface area contributed by atoms with E-state index in [1.165, 1.54) is 11.1 Å². The first-order chi connectivity index (χ1) is 10.3. The lowest BCUT2D eigenvalue weighted by molar-refractivity contribution is 0.271. The Balaban J connectivity index is 1.98. The molecule has 0 fully saturated rings. The van der Waals surface area contributed by atoms with Crippen LogP contribution >= 0.6 is 0 Å². The van der Waals surface area contributed by atoms with E-state index in [0.717, 1.165) is 25.2 Å². The number of aliphatic hydroxyl groups is 1. The Bertz CT molecular complexity index is 597. The van der Waals surface area contributed by atoms with E-state index in [0.29, 0.717) is 0 Å². The average molecular weight is 280 g/mol. The van der Waals surface area contributed by atoms with E-state index < -0.39 is 0 Å². The van der Waals surface area contributed by atoms with Crippen molar-refractivity contribution >= 4 is 0 Å². The molecule has 1 aromatic heterocycles. The molecule has 0 atom stereocenters. The van der Waals surface area contributed by atoms with Crippen LogP contribution in [0, 0.1) is 11.8 Å². The summed E-state index contributed by atoms with van der Waals surface area (Å²) in [5.41, 5.74) is 3.47. The quantitative estimate of drug-likeness (QED) is 0.855. The molecule has 0 aliphatic rings. The van der Waals surface area contributed by atoms with Crippen molar-refractivity contribution in [1.82, 2.24) is 9.88 Å². The van der Waals surface area contributed by atoms with Crippen LogP contribution in [0.15, 0.2) is 48.8 Å². The van der Waals surface area contributed by atoms with Crippen LogP contribution in [0.1, 0.15) is 23.6 Å². The van der Waals surface area contributed by atoms with Gasteiger partial charge in [-0.2, -0.15) is 0 Å². The van der Waals surface area contributed by atoms with E-state index in [4.69, 9.17) is 5.11 Å². The second kappa shape index (κ2) is 8.21. The molecule has 1 N–H and O–H groups in total. The molecule has 0 saturated heterocycles. The summed E-state index contributed by atoms with van der Waals surface area (Å²) >= 11 is 0. The number of benzene rings is 1. The highest BCUT2D eigenvalue weighted by Gasteiger charge is 2.04. The Labute approximate surface area is 126 Å². The lowest BCUT2D eigenvalue weighted by Gasteiger charge is -2.20. The summed E-state index contributed by atoms with van der Waals surface area (Å²) in [6.45, 7) is 4.89. The van der Waals surface area contributed by atoms with Gasteiger partial charge in [-0.1, -0.05) is 30.9 Å². The third-order valence-electron chi connectivity index (χ3n) is 3.27. The van der Waals surface area contributed by atoms with E-state index in [1.807, 2.05) is 24.5 Å². The van der Waals surface area contributed by atoms with Gasteiger partial charge >= 0.3 is 0 Å². The molecule has 0 radical (unpaired) electrons. The number of aliphatic hydroxyl groups excluding tert-OH is 1. The van der Waals surface area contributed by atoms with E-state index in [2.05, 4.69) is 52.9 Å². The predicted molar refractivity (Wildman–Crippen MR) is 84.4 cm³/mol. The molecule has 2 aromatic rings. The van der Waals surface area contributed by atoms with Crippen LogP contribution in [0.2, 0.25) is 0 Å². The monoisotopic (exact) mass is 280 g/mol. The first-order valence-corrected chi connectivity index (χ1v) is 7.11. The average Bonchev–Trinajstić information content (AvgIpc) is 2.54. The molecule has 0 aliphatic carbocycles. The number of rotatable bonds is 5. The third kappa shape index (κ3) is 5.03. The number of hydrogen-bond acceptors (Lipinski definition) is 3. The summed E-state index contributed by atoms with van der Waals surface area (Å²) in [6, 6.07) is 12.3. The van der Waals surface area contributed by atoms with Gasteiger partial charge in [0.05, 0.1) is 0 Å². The van der Waals surface area contributed by atoms with Crippen molar-refractivity contribution in [3.63, 3.8) is 0 Å². The number of pyridine rings is 1. The van der Waals surface area contributed by atoms with Crippen molar-refractivity contribution in [3.05, 3.63) is 65.5 Å².